The topological polar surface area (TPSA) is 36.4 Å². The Bertz CT molecular complexity index is 696. The third kappa shape index (κ3) is 5.10. The van der Waals surface area contributed by atoms with Crippen molar-refractivity contribution in [1.29, 1.82) is 0 Å². The van der Waals surface area contributed by atoms with Gasteiger partial charge in [0.25, 0.3) is 0 Å². The van der Waals surface area contributed by atoms with Gasteiger partial charge in [0.15, 0.2) is 5.11 Å². The van der Waals surface area contributed by atoms with Crippen molar-refractivity contribution < 1.29 is 4.39 Å². The number of para-hydroxylation sites is 1. The van der Waals surface area contributed by atoms with Gasteiger partial charge in [0.05, 0.1) is 11.9 Å². The van der Waals surface area contributed by atoms with Crippen LogP contribution in [0, 0.1) is 5.82 Å². The summed E-state index contributed by atoms with van der Waals surface area (Å²) >= 11 is 5.06. The Kier molecular flexibility index (Phi) is 5.80. The smallest absolute Gasteiger partial charge is 0.191 e. The average molecular weight is 313 g/mol. The lowest BCUT2D eigenvalue weighted by molar-refractivity contribution is 0.632. The standard InChI is InChI=1S/C17H16FN3S/c1-13(11-14-7-3-2-4-8-14)12-19-21-17(22)20-16-10-6-5-9-15(16)18/h2-12H,1H3,(H2,20,21,22). The molecule has 0 aliphatic carbocycles. The zero-order valence-corrected chi connectivity index (χ0v) is 12.9. The van der Waals surface area contributed by atoms with Gasteiger partial charge in [0.2, 0.25) is 0 Å². The molecule has 0 atom stereocenters. The lowest BCUT2D eigenvalue weighted by Gasteiger charge is -2.07. The van der Waals surface area contributed by atoms with Gasteiger partial charge < -0.3 is 5.32 Å². The highest BCUT2D eigenvalue weighted by atomic mass is 32.1. The Balaban J connectivity index is 1.88. The van der Waals surface area contributed by atoms with E-state index in [2.05, 4.69) is 15.8 Å². The molecular weight excluding hydrogens is 297 g/mol. The number of hydrazone groups is 1. The first-order chi connectivity index (χ1) is 10.6. The van der Waals surface area contributed by atoms with Gasteiger partial charge >= 0.3 is 0 Å². The Labute approximate surface area is 134 Å². The molecule has 0 saturated heterocycles. The van der Waals surface area contributed by atoms with Crippen LogP contribution in [0.25, 0.3) is 6.08 Å². The molecule has 112 valence electrons. The molecule has 0 aromatic heterocycles. The van der Waals surface area contributed by atoms with Crippen molar-refractivity contribution in [2.75, 3.05) is 5.32 Å². The Hall–Kier alpha value is -2.53. The molecule has 5 heteroatoms. The molecule has 22 heavy (non-hydrogen) atoms. The van der Waals surface area contributed by atoms with Gasteiger partial charge in [-0.05, 0) is 42.4 Å². The lowest BCUT2D eigenvalue weighted by atomic mass is 10.1. The summed E-state index contributed by atoms with van der Waals surface area (Å²) in [6, 6.07) is 16.2. The summed E-state index contributed by atoms with van der Waals surface area (Å²) in [6.07, 6.45) is 3.65. The maximum atomic E-state index is 13.4. The number of nitrogens with one attached hydrogen (secondary N) is 2. The third-order valence-electron chi connectivity index (χ3n) is 2.75. The van der Waals surface area contributed by atoms with Crippen LogP contribution in [0.1, 0.15) is 12.5 Å². The van der Waals surface area contributed by atoms with E-state index >= 15 is 0 Å². The summed E-state index contributed by atoms with van der Waals surface area (Å²) < 4.78 is 13.4. The van der Waals surface area contributed by atoms with E-state index in [4.69, 9.17) is 12.2 Å². The molecule has 3 nitrogen and oxygen atoms in total. The van der Waals surface area contributed by atoms with Gasteiger partial charge in [0, 0.05) is 0 Å². The van der Waals surface area contributed by atoms with Crippen molar-refractivity contribution in [3.05, 3.63) is 71.6 Å². The Morgan fingerprint density at radius 2 is 1.77 bits per heavy atom. The van der Waals surface area contributed by atoms with Crippen LogP contribution in [0.4, 0.5) is 10.1 Å². The van der Waals surface area contributed by atoms with Crippen LogP contribution in [0.15, 0.2) is 65.3 Å². The molecule has 0 amide bonds. The van der Waals surface area contributed by atoms with Crippen molar-refractivity contribution in [3.63, 3.8) is 0 Å². The molecule has 0 spiro atoms. The number of rotatable bonds is 4. The van der Waals surface area contributed by atoms with E-state index in [9.17, 15) is 4.39 Å². The quantitative estimate of drug-likeness (QED) is 0.504. The molecule has 2 N–H and O–H groups in total. The first-order valence-corrected chi connectivity index (χ1v) is 7.14. The number of thiocarbonyl (C=S) groups is 1. The SMILES string of the molecule is CC(C=NNC(=S)Nc1ccccc1F)=Cc1ccccc1. The van der Waals surface area contributed by atoms with Crippen molar-refractivity contribution >= 4 is 35.3 Å². The normalized spacial score (nSPS) is 11.5. The fourth-order valence-electron chi connectivity index (χ4n) is 1.75. The molecule has 0 heterocycles. The summed E-state index contributed by atoms with van der Waals surface area (Å²) in [6.45, 7) is 1.94. The van der Waals surface area contributed by atoms with Gasteiger partial charge in [0.1, 0.15) is 5.82 Å². The second-order valence-electron chi connectivity index (χ2n) is 4.60. The number of halogens is 1. The maximum absolute atomic E-state index is 13.4. The average Bonchev–Trinajstić information content (AvgIpc) is 2.50. The first kappa shape index (κ1) is 15.9. The summed E-state index contributed by atoms with van der Waals surface area (Å²) in [5.41, 5.74) is 5.03. The van der Waals surface area contributed by atoms with Gasteiger partial charge in [-0.25, -0.2) is 4.39 Å². The van der Waals surface area contributed by atoms with E-state index in [1.165, 1.54) is 6.07 Å². The molecule has 0 aliphatic heterocycles. The number of anilines is 1. The third-order valence-corrected chi connectivity index (χ3v) is 2.94. The van der Waals surface area contributed by atoms with E-state index in [0.29, 0.717) is 5.69 Å². The van der Waals surface area contributed by atoms with Crippen LogP contribution in [0.2, 0.25) is 0 Å². The van der Waals surface area contributed by atoms with E-state index in [1.54, 1.807) is 24.4 Å². The zero-order chi connectivity index (χ0) is 15.8. The lowest BCUT2D eigenvalue weighted by Crippen LogP contribution is -2.24. The van der Waals surface area contributed by atoms with Crippen LogP contribution < -0.4 is 10.7 Å². The number of benzene rings is 2. The highest BCUT2D eigenvalue weighted by Gasteiger charge is 2.01. The van der Waals surface area contributed by atoms with Crippen LogP contribution in [0.3, 0.4) is 0 Å². The minimum atomic E-state index is -0.365. The van der Waals surface area contributed by atoms with Crippen molar-refractivity contribution in [1.82, 2.24) is 5.43 Å². The molecule has 0 bridgehead atoms. The Morgan fingerprint density at radius 1 is 1.09 bits per heavy atom. The van der Waals surface area contributed by atoms with Crippen LogP contribution in [-0.2, 0) is 0 Å². The van der Waals surface area contributed by atoms with Gasteiger partial charge in [-0.2, -0.15) is 5.10 Å². The fraction of sp³-hybridized carbons (Fsp3) is 0.0588. The van der Waals surface area contributed by atoms with Crippen LogP contribution in [-0.4, -0.2) is 11.3 Å². The summed E-state index contributed by atoms with van der Waals surface area (Å²) in [4.78, 5) is 0. The van der Waals surface area contributed by atoms with Gasteiger partial charge in [-0.3, -0.25) is 5.43 Å². The fourth-order valence-corrected chi connectivity index (χ4v) is 1.92. The summed E-state index contributed by atoms with van der Waals surface area (Å²) in [5.74, 6) is -0.365. The molecular formula is C17H16FN3S. The summed E-state index contributed by atoms with van der Waals surface area (Å²) in [5, 5.41) is 7.00. The molecule has 0 saturated carbocycles. The molecule has 0 radical (unpaired) electrons. The highest BCUT2D eigenvalue weighted by molar-refractivity contribution is 7.80. The molecule has 2 aromatic rings. The number of allylic oxidation sites excluding steroid dienone is 1. The monoisotopic (exact) mass is 313 g/mol. The number of hydrogen-bond acceptors (Lipinski definition) is 2. The molecule has 2 aromatic carbocycles. The van der Waals surface area contributed by atoms with Crippen LogP contribution >= 0.6 is 12.2 Å². The van der Waals surface area contributed by atoms with E-state index < -0.39 is 0 Å². The predicted octanol–water partition coefficient (Wildman–Crippen LogP) is 4.20. The van der Waals surface area contributed by atoms with Crippen molar-refractivity contribution in [3.8, 4) is 0 Å². The zero-order valence-electron chi connectivity index (χ0n) is 12.1. The van der Waals surface area contributed by atoms with E-state index in [0.717, 1.165) is 11.1 Å². The first-order valence-electron chi connectivity index (χ1n) is 6.73. The largest absolute Gasteiger partial charge is 0.329 e. The highest BCUT2D eigenvalue weighted by Crippen LogP contribution is 2.11. The molecule has 0 unspecified atom stereocenters. The number of hydrogen-bond donors (Lipinski definition) is 2. The Morgan fingerprint density at radius 3 is 2.50 bits per heavy atom. The maximum Gasteiger partial charge on any atom is 0.191 e. The summed E-state index contributed by atoms with van der Waals surface area (Å²) in [7, 11) is 0. The second kappa shape index (κ2) is 8.05. The van der Waals surface area contributed by atoms with Gasteiger partial charge in [-0.15, -0.1) is 0 Å². The second-order valence-corrected chi connectivity index (χ2v) is 5.01. The molecule has 0 aliphatic rings. The number of nitrogens with zero attached hydrogens (tertiary/aromatic N) is 1. The predicted molar refractivity (Wildman–Crippen MR) is 94.3 cm³/mol. The van der Waals surface area contributed by atoms with Crippen molar-refractivity contribution in [2.45, 2.75) is 6.92 Å². The molecule has 2 rings (SSSR count). The minimum Gasteiger partial charge on any atom is -0.329 e. The van der Waals surface area contributed by atoms with Gasteiger partial charge in [-0.1, -0.05) is 48.5 Å². The minimum absolute atomic E-state index is 0.230. The molecule has 0 fully saturated rings. The van der Waals surface area contributed by atoms with Crippen molar-refractivity contribution in [2.24, 2.45) is 5.10 Å². The van der Waals surface area contributed by atoms with E-state index in [1.807, 2.05) is 43.3 Å². The van der Waals surface area contributed by atoms with Crippen LogP contribution in [0.5, 0.6) is 0 Å². The van der Waals surface area contributed by atoms with E-state index in [-0.39, 0.29) is 10.9 Å².